The van der Waals surface area contributed by atoms with Crippen molar-refractivity contribution >= 4 is 34.4 Å². The normalized spacial score (nSPS) is 16.4. The van der Waals surface area contributed by atoms with Gasteiger partial charge in [0.25, 0.3) is 0 Å². The predicted molar refractivity (Wildman–Crippen MR) is 129 cm³/mol. The number of halogens is 1. The van der Waals surface area contributed by atoms with Crippen LogP contribution >= 0.6 is 22.6 Å². The molecule has 2 aromatic carbocycles. The van der Waals surface area contributed by atoms with E-state index in [0.29, 0.717) is 12.8 Å². The maximum Gasteiger partial charge on any atom is 0.242 e. The van der Waals surface area contributed by atoms with Crippen LogP contribution in [0.2, 0.25) is 0 Å². The third-order valence-corrected chi connectivity index (χ3v) is 6.02. The van der Waals surface area contributed by atoms with Gasteiger partial charge in [-0.3, -0.25) is 9.59 Å². The molecule has 0 heterocycles. The topological polar surface area (TPSA) is 84.2 Å². The summed E-state index contributed by atoms with van der Waals surface area (Å²) in [5.41, 5.74) is 9.84. The third-order valence-electron chi connectivity index (χ3n) is 5.51. The van der Waals surface area contributed by atoms with Crippen LogP contribution in [0.1, 0.15) is 36.5 Å². The number of benzene rings is 2. The molecular weight excluding hydrogens is 489 g/mol. The second kappa shape index (κ2) is 10.9. The summed E-state index contributed by atoms with van der Waals surface area (Å²) in [5.74, 6) is -0.391. The van der Waals surface area contributed by atoms with Crippen molar-refractivity contribution in [1.82, 2.24) is 10.6 Å². The van der Waals surface area contributed by atoms with E-state index < -0.39 is 12.1 Å². The zero-order chi connectivity index (χ0) is 21.5. The molecule has 0 fully saturated rings. The van der Waals surface area contributed by atoms with Crippen LogP contribution in [0.25, 0.3) is 0 Å². The van der Waals surface area contributed by atoms with Gasteiger partial charge in [-0.05, 0) is 48.8 Å². The number of nitrogens with one attached hydrogen (secondary N) is 2. The Kier molecular flexibility index (Phi) is 8.27. The number of amides is 2. The second-order valence-corrected chi connectivity index (χ2v) is 10.2. The summed E-state index contributed by atoms with van der Waals surface area (Å²) in [6.07, 6.45) is 3.51. The Labute approximate surface area is 192 Å². The fourth-order valence-corrected chi connectivity index (χ4v) is 4.40. The molecule has 1 unspecified atom stereocenters. The first-order chi connectivity index (χ1) is 14.4. The Morgan fingerprint density at radius 1 is 1.03 bits per heavy atom. The maximum atomic E-state index is 13.0. The number of alkyl halides is 1. The van der Waals surface area contributed by atoms with Gasteiger partial charge in [0, 0.05) is 9.97 Å². The molecule has 30 heavy (non-hydrogen) atoms. The number of carbonyl (C=O) groups excluding carboxylic acids is 2. The smallest absolute Gasteiger partial charge is 0.242 e. The molecule has 0 spiro atoms. The van der Waals surface area contributed by atoms with Crippen LogP contribution in [0.3, 0.4) is 0 Å². The van der Waals surface area contributed by atoms with Gasteiger partial charge in [0.1, 0.15) is 6.04 Å². The van der Waals surface area contributed by atoms with Crippen LogP contribution in [0, 0.1) is 0 Å². The number of rotatable bonds is 9. The highest BCUT2D eigenvalue weighted by atomic mass is 127. The molecule has 0 saturated carbocycles. The highest BCUT2D eigenvalue weighted by Crippen LogP contribution is 2.22. The Balaban J connectivity index is 1.54. The molecule has 4 N–H and O–H groups in total. The first-order valence-corrected chi connectivity index (χ1v) is 11.8. The summed E-state index contributed by atoms with van der Waals surface area (Å²) < 4.78 is 0.250. The molecule has 1 aliphatic rings. The van der Waals surface area contributed by atoms with Gasteiger partial charge < -0.3 is 16.4 Å². The minimum Gasteiger partial charge on any atom is -0.351 e. The molecule has 0 radical (unpaired) electrons. The van der Waals surface area contributed by atoms with Crippen molar-refractivity contribution in [3.8, 4) is 0 Å². The van der Waals surface area contributed by atoms with Gasteiger partial charge in [-0.1, -0.05) is 84.1 Å². The highest BCUT2D eigenvalue weighted by molar-refractivity contribution is 14.1. The van der Waals surface area contributed by atoms with Crippen LogP contribution in [-0.4, -0.2) is 33.9 Å². The quantitative estimate of drug-likeness (QED) is 0.352. The Bertz CT molecular complexity index is 832. The zero-order valence-corrected chi connectivity index (χ0v) is 19.5. The summed E-state index contributed by atoms with van der Waals surface area (Å²) in [6.45, 7) is 2.04. The van der Waals surface area contributed by atoms with E-state index in [-0.39, 0.29) is 21.8 Å². The molecule has 0 aromatic heterocycles. The molecule has 6 heteroatoms. The van der Waals surface area contributed by atoms with E-state index in [1.165, 1.54) is 11.1 Å². The predicted octanol–water partition coefficient (Wildman–Crippen LogP) is 2.93. The second-order valence-electron chi connectivity index (χ2n) is 8.09. The fourth-order valence-electron chi connectivity index (χ4n) is 3.90. The molecule has 0 bridgehead atoms. The van der Waals surface area contributed by atoms with Crippen molar-refractivity contribution in [2.24, 2.45) is 5.73 Å². The lowest BCUT2D eigenvalue weighted by Crippen LogP contribution is -2.54. The van der Waals surface area contributed by atoms with E-state index in [4.69, 9.17) is 5.73 Å². The van der Waals surface area contributed by atoms with Crippen LogP contribution in [0.5, 0.6) is 0 Å². The molecule has 160 valence electrons. The number of hydrogen-bond acceptors (Lipinski definition) is 3. The minimum absolute atomic E-state index is 0.0746. The number of nitrogens with two attached hydrogens (primary N) is 1. The average molecular weight is 519 g/mol. The van der Waals surface area contributed by atoms with Gasteiger partial charge in [0.2, 0.25) is 11.8 Å². The van der Waals surface area contributed by atoms with Crippen LogP contribution in [0.4, 0.5) is 0 Å². The van der Waals surface area contributed by atoms with Crippen LogP contribution in [0.15, 0.2) is 54.6 Å². The molecule has 0 aliphatic heterocycles. The van der Waals surface area contributed by atoms with Crippen LogP contribution < -0.4 is 16.4 Å². The Morgan fingerprint density at radius 2 is 1.63 bits per heavy atom. The van der Waals surface area contributed by atoms with Gasteiger partial charge >= 0.3 is 0 Å². The Morgan fingerprint density at radius 3 is 2.23 bits per heavy atom. The fraction of sp³-hybridized carbons (Fsp3) is 0.417. The number of aryl methyl sites for hydroxylation is 1. The van der Waals surface area contributed by atoms with Crippen molar-refractivity contribution in [1.29, 1.82) is 0 Å². The van der Waals surface area contributed by atoms with E-state index in [1.807, 2.05) is 49.4 Å². The highest BCUT2D eigenvalue weighted by Gasteiger charge is 2.29. The molecule has 0 saturated heterocycles. The lowest BCUT2D eigenvalue weighted by molar-refractivity contribution is -0.130. The van der Waals surface area contributed by atoms with E-state index >= 15 is 0 Å². The van der Waals surface area contributed by atoms with E-state index in [1.54, 1.807) is 0 Å². The third kappa shape index (κ3) is 6.54. The summed E-state index contributed by atoms with van der Waals surface area (Å²) >= 11 is 2.28. The van der Waals surface area contributed by atoms with Gasteiger partial charge in [-0.15, -0.1) is 0 Å². The average Bonchev–Trinajstić information content (AvgIpc) is 3.14. The molecule has 1 aliphatic carbocycles. The summed E-state index contributed by atoms with van der Waals surface area (Å²) in [5, 5.41) is 6.03. The van der Waals surface area contributed by atoms with Gasteiger partial charge in [0.15, 0.2) is 0 Å². The lowest BCUT2D eigenvalue weighted by atomic mass is 10.0. The maximum absolute atomic E-state index is 13.0. The molecule has 3 rings (SSSR count). The first kappa shape index (κ1) is 22.7. The summed E-state index contributed by atoms with van der Waals surface area (Å²) in [6, 6.07) is 17.1. The summed E-state index contributed by atoms with van der Waals surface area (Å²) in [7, 11) is 0. The molecule has 2 aromatic rings. The van der Waals surface area contributed by atoms with Crippen molar-refractivity contribution in [2.75, 3.05) is 0 Å². The van der Waals surface area contributed by atoms with Crippen molar-refractivity contribution < 1.29 is 9.59 Å². The number of carbonyl (C=O) groups is 2. The minimum atomic E-state index is -0.638. The van der Waals surface area contributed by atoms with Gasteiger partial charge in [0.05, 0.1) is 6.04 Å². The van der Waals surface area contributed by atoms with E-state index in [9.17, 15) is 9.59 Å². The number of fused-ring (bicyclic) bond motifs is 1. The van der Waals surface area contributed by atoms with E-state index in [2.05, 4.69) is 45.4 Å². The molecule has 2 amide bonds. The van der Waals surface area contributed by atoms with Crippen LogP contribution in [-0.2, 0) is 28.9 Å². The van der Waals surface area contributed by atoms with Crippen molar-refractivity contribution in [3.05, 3.63) is 71.3 Å². The standard InChI is InChI=1S/C24H30IN3O2/c1-16(25)13-22(24(30)27-20-14-18-9-5-6-10-19(18)15-20)28-23(29)21(26)12-11-17-7-3-2-4-8-17/h2-10,16,20-22H,11-15,26H2,1H3,(H,27,30)(H,28,29)/t16?,21-,22-/m0/s1. The van der Waals surface area contributed by atoms with Crippen molar-refractivity contribution in [2.45, 2.75) is 61.1 Å². The largest absolute Gasteiger partial charge is 0.351 e. The van der Waals surface area contributed by atoms with Gasteiger partial charge in [-0.25, -0.2) is 0 Å². The SMILES string of the molecule is CC(I)C[C@H](NC(=O)[C@@H](N)CCc1ccccc1)C(=O)NC1Cc2ccccc2C1. The Hall–Kier alpha value is -1.93. The monoisotopic (exact) mass is 519 g/mol. The lowest BCUT2D eigenvalue weighted by Gasteiger charge is -2.23. The first-order valence-electron chi connectivity index (χ1n) is 10.5. The summed E-state index contributed by atoms with van der Waals surface area (Å²) in [4.78, 5) is 25.6. The number of hydrogen-bond donors (Lipinski definition) is 3. The molecule has 3 atom stereocenters. The van der Waals surface area contributed by atoms with Crippen molar-refractivity contribution in [3.63, 3.8) is 0 Å². The van der Waals surface area contributed by atoms with Gasteiger partial charge in [-0.2, -0.15) is 0 Å². The zero-order valence-electron chi connectivity index (χ0n) is 17.3. The molecule has 5 nitrogen and oxygen atoms in total. The molecular formula is C24H30IN3O2. The van der Waals surface area contributed by atoms with E-state index in [0.717, 1.165) is 24.8 Å².